The van der Waals surface area contributed by atoms with Crippen molar-refractivity contribution in [1.29, 1.82) is 0 Å². The quantitative estimate of drug-likeness (QED) is 0.684. The molecule has 6 heteroatoms. The minimum absolute atomic E-state index is 0.0827. The molecule has 104 valence electrons. The van der Waals surface area contributed by atoms with E-state index < -0.39 is 0 Å². The molecule has 0 spiro atoms. The topological polar surface area (TPSA) is 83.4 Å². The number of carbonyl (C=O) groups is 2. The predicted octanol–water partition coefficient (Wildman–Crippen LogP) is 0.153. The molecule has 0 radical (unpaired) electrons. The number of hydrogen-bond donors (Lipinski definition) is 3. The zero-order valence-corrected chi connectivity index (χ0v) is 10.9. The number of amides is 2. The van der Waals surface area contributed by atoms with Crippen LogP contribution in [0.4, 0.5) is 0 Å². The molecule has 3 N–H and O–H groups in total. The number of hydrogen-bond acceptors (Lipinski definition) is 4. The van der Waals surface area contributed by atoms with Gasteiger partial charge in [-0.15, -0.1) is 0 Å². The van der Waals surface area contributed by atoms with Crippen molar-refractivity contribution in [2.45, 2.75) is 38.4 Å². The molecule has 1 aromatic heterocycles. The minimum atomic E-state index is -0.299. The second-order valence-corrected chi connectivity index (χ2v) is 4.73. The molecule has 0 saturated carbocycles. The van der Waals surface area contributed by atoms with Crippen LogP contribution in [0.2, 0.25) is 0 Å². The Bertz CT molecular complexity index is 430. The molecule has 2 amide bonds. The molecule has 6 nitrogen and oxygen atoms in total. The molecule has 0 bridgehead atoms. The van der Waals surface area contributed by atoms with Crippen LogP contribution in [0.3, 0.4) is 0 Å². The fourth-order valence-corrected chi connectivity index (χ4v) is 1.98. The standard InChI is InChI=1S/C13H19N3O3/c1-9(14-7-10-4-5-12(17)16-10)13(18)15-8-11-3-2-6-19-11/h2-3,6,9-10,14H,4-5,7-8H2,1H3,(H,15,18)(H,16,17). The zero-order chi connectivity index (χ0) is 13.7. The van der Waals surface area contributed by atoms with Crippen LogP contribution < -0.4 is 16.0 Å². The highest BCUT2D eigenvalue weighted by Gasteiger charge is 2.22. The van der Waals surface area contributed by atoms with Gasteiger partial charge in [0.05, 0.1) is 18.8 Å². The first-order chi connectivity index (χ1) is 9.15. The van der Waals surface area contributed by atoms with Gasteiger partial charge in [-0.25, -0.2) is 0 Å². The van der Waals surface area contributed by atoms with E-state index in [-0.39, 0.29) is 23.9 Å². The van der Waals surface area contributed by atoms with Crippen LogP contribution in [0.1, 0.15) is 25.5 Å². The molecule has 1 saturated heterocycles. The zero-order valence-electron chi connectivity index (χ0n) is 10.9. The van der Waals surface area contributed by atoms with Crippen molar-refractivity contribution in [3.8, 4) is 0 Å². The molecule has 1 aromatic rings. The monoisotopic (exact) mass is 265 g/mol. The number of furan rings is 1. The van der Waals surface area contributed by atoms with E-state index in [0.29, 0.717) is 19.5 Å². The summed E-state index contributed by atoms with van der Waals surface area (Å²) in [4.78, 5) is 22.8. The van der Waals surface area contributed by atoms with E-state index in [1.165, 1.54) is 0 Å². The Morgan fingerprint density at radius 2 is 2.47 bits per heavy atom. The molecule has 0 aromatic carbocycles. The van der Waals surface area contributed by atoms with E-state index in [2.05, 4.69) is 16.0 Å². The SMILES string of the molecule is CC(NCC1CCC(=O)N1)C(=O)NCc1ccco1. The highest BCUT2D eigenvalue weighted by molar-refractivity contribution is 5.81. The summed E-state index contributed by atoms with van der Waals surface area (Å²) in [6, 6.07) is 3.43. The van der Waals surface area contributed by atoms with Crippen LogP contribution in [-0.2, 0) is 16.1 Å². The summed E-state index contributed by atoms with van der Waals surface area (Å²) in [5.41, 5.74) is 0. The van der Waals surface area contributed by atoms with Crippen molar-refractivity contribution in [2.75, 3.05) is 6.54 Å². The van der Waals surface area contributed by atoms with E-state index in [4.69, 9.17) is 4.42 Å². The van der Waals surface area contributed by atoms with Gasteiger partial charge >= 0.3 is 0 Å². The van der Waals surface area contributed by atoms with Gasteiger partial charge in [-0.2, -0.15) is 0 Å². The maximum atomic E-state index is 11.8. The first-order valence-corrected chi connectivity index (χ1v) is 6.48. The maximum absolute atomic E-state index is 11.8. The third-order valence-corrected chi connectivity index (χ3v) is 3.17. The molecular weight excluding hydrogens is 246 g/mol. The highest BCUT2D eigenvalue weighted by atomic mass is 16.3. The number of nitrogens with one attached hydrogen (secondary N) is 3. The van der Waals surface area contributed by atoms with E-state index in [1.54, 1.807) is 19.3 Å². The Balaban J connectivity index is 1.66. The second-order valence-electron chi connectivity index (χ2n) is 4.73. The lowest BCUT2D eigenvalue weighted by Gasteiger charge is -2.16. The van der Waals surface area contributed by atoms with Crippen molar-refractivity contribution in [3.63, 3.8) is 0 Å². The van der Waals surface area contributed by atoms with Crippen molar-refractivity contribution in [3.05, 3.63) is 24.2 Å². The third-order valence-electron chi connectivity index (χ3n) is 3.17. The molecule has 1 aliphatic rings. The molecule has 2 unspecified atom stereocenters. The lowest BCUT2D eigenvalue weighted by Crippen LogP contribution is -2.46. The smallest absolute Gasteiger partial charge is 0.237 e. The predicted molar refractivity (Wildman–Crippen MR) is 69.2 cm³/mol. The maximum Gasteiger partial charge on any atom is 0.237 e. The summed E-state index contributed by atoms with van der Waals surface area (Å²) >= 11 is 0. The van der Waals surface area contributed by atoms with Crippen molar-refractivity contribution in [1.82, 2.24) is 16.0 Å². The molecule has 0 aliphatic carbocycles. The summed E-state index contributed by atoms with van der Waals surface area (Å²) in [5.74, 6) is 0.728. The van der Waals surface area contributed by atoms with Crippen LogP contribution in [0.15, 0.2) is 22.8 Å². The largest absolute Gasteiger partial charge is 0.467 e. The van der Waals surface area contributed by atoms with Crippen molar-refractivity contribution < 1.29 is 14.0 Å². The van der Waals surface area contributed by atoms with Gasteiger partial charge < -0.3 is 20.4 Å². The first kappa shape index (κ1) is 13.6. The third kappa shape index (κ3) is 4.10. The van der Waals surface area contributed by atoms with Crippen LogP contribution in [0, 0.1) is 0 Å². The van der Waals surface area contributed by atoms with Crippen molar-refractivity contribution >= 4 is 11.8 Å². The highest BCUT2D eigenvalue weighted by Crippen LogP contribution is 2.05. The van der Waals surface area contributed by atoms with Crippen LogP contribution >= 0.6 is 0 Å². The Morgan fingerprint density at radius 1 is 1.63 bits per heavy atom. The molecular formula is C13H19N3O3. The Hall–Kier alpha value is -1.82. The Labute approximate surface area is 111 Å². The van der Waals surface area contributed by atoms with E-state index in [0.717, 1.165) is 12.2 Å². The molecule has 1 aliphatic heterocycles. The van der Waals surface area contributed by atoms with Crippen LogP contribution in [0.25, 0.3) is 0 Å². The summed E-state index contributed by atoms with van der Waals surface area (Å²) in [6.07, 6.45) is 2.98. The van der Waals surface area contributed by atoms with Gasteiger partial charge in [0, 0.05) is 19.0 Å². The first-order valence-electron chi connectivity index (χ1n) is 6.48. The lowest BCUT2D eigenvalue weighted by atomic mass is 10.2. The normalized spacial score (nSPS) is 20.1. The fourth-order valence-electron chi connectivity index (χ4n) is 1.98. The Kier molecular flexibility index (Phi) is 4.57. The number of rotatable bonds is 6. The summed E-state index contributed by atoms with van der Waals surface area (Å²) < 4.78 is 5.13. The average Bonchev–Trinajstić information content (AvgIpc) is 3.04. The molecule has 1 fully saturated rings. The van der Waals surface area contributed by atoms with Gasteiger partial charge in [0.25, 0.3) is 0 Å². The fraction of sp³-hybridized carbons (Fsp3) is 0.538. The van der Waals surface area contributed by atoms with Gasteiger partial charge in [-0.05, 0) is 25.5 Å². The molecule has 2 rings (SSSR count). The molecule has 19 heavy (non-hydrogen) atoms. The van der Waals surface area contributed by atoms with Gasteiger partial charge in [0.1, 0.15) is 5.76 Å². The van der Waals surface area contributed by atoms with E-state index in [9.17, 15) is 9.59 Å². The van der Waals surface area contributed by atoms with E-state index >= 15 is 0 Å². The van der Waals surface area contributed by atoms with Gasteiger partial charge in [0.15, 0.2) is 0 Å². The van der Waals surface area contributed by atoms with Gasteiger partial charge in [0.2, 0.25) is 11.8 Å². The van der Waals surface area contributed by atoms with Crippen LogP contribution in [-0.4, -0.2) is 30.4 Å². The minimum Gasteiger partial charge on any atom is -0.467 e. The average molecular weight is 265 g/mol. The summed E-state index contributed by atoms with van der Waals surface area (Å²) in [6.45, 7) is 2.80. The van der Waals surface area contributed by atoms with Gasteiger partial charge in [-0.1, -0.05) is 0 Å². The summed E-state index contributed by atoms with van der Waals surface area (Å²) in [7, 11) is 0. The number of carbonyl (C=O) groups excluding carboxylic acids is 2. The van der Waals surface area contributed by atoms with Crippen LogP contribution in [0.5, 0.6) is 0 Å². The lowest BCUT2D eigenvalue weighted by molar-refractivity contribution is -0.123. The molecule has 2 atom stereocenters. The second kappa shape index (κ2) is 6.38. The van der Waals surface area contributed by atoms with Gasteiger partial charge in [-0.3, -0.25) is 9.59 Å². The molecule has 2 heterocycles. The Morgan fingerprint density at radius 3 is 3.11 bits per heavy atom. The van der Waals surface area contributed by atoms with E-state index in [1.807, 2.05) is 6.07 Å². The van der Waals surface area contributed by atoms with Crippen molar-refractivity contribution in [2.24, 2.45) is 0 Å². The summed E-state index contributed by atoms with van der Waals surface area (Å²) in [5, 5.41) is 8.76.